The lowest BCUT2D eigenvalue weighted by Gasteiger charge is -2.15. The fourth-order valence-corrected chi connectivity index (χ4v) is 6.57. The number of aldehydes is 1. The number of benzene rings is 4. The van der Waals surface area contributed by atoms with E-state index in [1.165, 1.54) is 5.56 Å². The van der Waals surface area contributed by atoms with Gasteiger partial charge in [0, 0.05) is 28.8 Å². The topological polar surface area (TPSA) is 139 Å². The van der Waals surface area contributed by atoms with Crippen molar-refractivity contribution >= 4 is 46.9 Å². The third-order valence-corrected chi connectivity index (χ3v) is 9.27. The highest BCUT2D eigenvalue weighted by atomic mass is 32.2. The number of thioether (sulfide) groups is 1. The number of carbonyl (C=O) groups is 3. The summed E-state index contributed by atoms with van der Waals surface area (Å²) in [5, 5.41) is 8.68. The van der Waals surface area contributed by atoms with Gasteiger partial charge in [0.15, 0.2) is 0 Å². The number of anilines is 2. The molecule has 0 radical (unpaired) electrons. The highest BCUT2D eigenvalue weighted by Gasteiger charge is 2.25. The van der Waals surface area contributed by atoms with E-state index >= 15 is 0 Å². The maximum absolute atomic E-state index is 11.8. The van der Waals surface area contributed by atoms with Crippen molar-refractivity contribution < 1.29 is 14.4 Å². The second kappa shape index (κ2) is 17.4. The van der Waals surface area contributed by atoms with Crippen LogP contribution in [0.2, 0.25) is 0 Å². The average Bonchev–Trinajstić information content (AvgIpc) is 3.50. The largest absolute Gasteiger partial charge is 0.362 e. The number of hydrogen-bond donors (Lipinski definition) is 3. The number of rotatable bonds is 10. The van der Waals surface area contributed by atoms with Crippen LogP contribution in [0.1, 0.15) is 64.1 Å². The van der Waals surface area contributed by atoms with E-state index in [-0.39, 0.29) is 23.2 Å². The van der Waals surface area contributed by atoms with E-state index < -0.39 is 0 Å². The molecule has 3 heterocycles. The van der Waals surface area contributed by atoms with Crippen molar-refractivity contribution in [3.8, 4) is 22.5 Å². The van der Waals surface area contributed by atoms with Gasteiger partial charge >= 0.3 is 0 Å². The molecule has 10 nitrogen and oxygen atoms in total. The summed E-state index contributed by atoms with van der Waals surface area (Å²) in [7, 11) is 0. The predicted molar refractivity (Wildman–Crippen MR) is 216 cm³/mol. The molecule has 0 spiro atoms. The van der Waals surface area contributed by atoms with Crippen LogP contribution in [0, 0.1) is 13.8 Å². The van der Waals surface area contributed by atoms with Crippen molar-refractivity contribution in [2.45, 2.75) is 39.8 Å². The van der Waals surface area contributed by atoms with Crippen LogP contribution >= 0.6 is 11.8 Å². The molecular weight excluding hydrogens is 695 g/mol. The van der Waals surface area contributed by atoms with Gasteiger partial charge in [0.05, 0.1) is 41.1 Å². The maximum Gasteiger partial charge on any atom is 0.290 e. The number of imide groups is 1. The number of carbonyl (C=O) groups excluding carboxylic acids is 3. The fourth-order valence-electron chi connectivity index (χ4n) is 5.89. The van der Waals surface area contributed by atoms with E-state index in [9.17, 15) is 14.4 Å². The molecule has 1 saturated heterocycles. The van der Waals surface area contributed by atoms with Crippen molar-refractivity contribution in [3.05, 3.63) is 160 Å². The van der Waals surface area contributed by atoms with Crippen LogP contribution in [0.5, 0.6) is 0 Å². The van der Waals surface area contributed by atoms with Gasteiger partial charge in [-0.2, -0.15) is 0 Å². The summed E-state index contributed by atoms with van der Waals surface area (Å²) in [6, 6.07) is 32.1. The summed E-state index contributed by atoms with van der Waals surface area (Å²) >= 11 is 0.907. The fraction of sp³-hybridized carbons (Fsp3) is 0.140. The number of hydrogen-bond acceptors (Lipinski definition) is 10. The van der Waals surface area contributed by atoms with E-state index in [1.807, 2.05) is 86.6 Å². The van der Waals surface area contributed by atoms with Gasteiger partial charge < -0.3 is 10.6 Å². The summed E-state index contributed by atoms with van der Waals surface area (Å²) in [5.41, 5.74) is 9.10. The van der Waals surface area contributed by atoms with E-state index in [1.54, 1.807) is 30.9 Å². The zero-order valence-corrected chi connectivity index (χ0v) is 31.1. The first-order valence-electron chi connectivity index (χ1n) is 17.3. The first-order chi connectivity index (χ1) is 26.1. The highest BCUT2D eigenvalue weighted by molar-refractivity contribution is 8.18. The molecule has 270 valence electrons. The lowest BCUT2D eigenvalue weighted by Crippen LogP contribution is -2.17. The number of aryl methyl sites for hydroxylation is 2. The van der Waals surface area contributed by atoms with Crippen LogP contribution in [0.4, 0.5) is 16.4 Å². The SMILES string of the molecule is Cc1cc(/C=C2\SC(=O)NC2=O)cc(-c2cncc(N[C@@H](C)c3ccccc3)n2)c1.Cc1cc(C=O)cc(-c2cncc(N[C@@H](C)c3ccccc3)n2)c1. The number of amides is 2. The Hall–Kier alpha value is -6.46. The Morgan fingerprint density at radius 2 is 1.13 bits per heavy atom. The zero-order valence-electron chi connectivity index (χ0n) is 30.3. The second-order valence-corrected chi connectivity index (χ2v) is 13.9. The van der Waals surface area contributed by atoms with Gasteiger partial charge in [0.1, 0.15) is 17.9 Å². The van der Waals surface area contributed by atoms with Crippen LogP contribution in [-0.4, -0.2) is 37.4 Å². The Labute approximate surface area is 318 Å². The molecule has 1 aliphatic rings. The molecule has 0 saturated carbocycles. The highest BCUT2D eigenvalue weighted by Crippen LogP contribution is 2.29. The molecule has 0 bridgehead atoms. The van der Waals surface area contributed by atoms with Crippen LogP contribution in [0.25, 0.3) is 28.6 Å². The lowest BCUT2D eigenvalue weighted by molar-refractivity contribution is -0.115. The van der Waals surface area contributed by atoms with E-state index in [2.05, 4.69) is 69.0 Å². The normalized spacial score (nSPS) is 14.0. The summed E-state index contributed by atoms with van der Waals surface area (Å²) in [4.78, 5) is 52.7. The van der Waals surface area contributed by atoms with Crippen molar-refractivity contribution in [2.24, 2.45) is 0 Å². The molecule has 7 rings (SSSR count). The number of nitrogens with one attached hydrogen (secondary N) is 3. The van der Waals surface area contributed by atoms with Crippen LogP contribution < -0.4 is 16.0 Å². The van der Waals surface area contributed by atoms with Gasteiger partial charge in [-0.1, -0.05) is 66.7 Å². The zero-order chi connectivity index (χ0) is 38.0. The van der Waals surface area contributed by atoms with Gasteiger partial charge in [0.25, 0.3) is 11.1 Å². The van der Waals surface area contributed by atoms with E-state index in [0.717, 1.165) is 62.8 Å². The molecule has 2 aromatic heterocycles. The minimum absolute atomic E-state index is 0.0870. The molecule has 54 heavy (non-hydrogen) atoms. The summed E-state index contributed by atoms with van der Waals surface area (Å²) in [6.45, 7) is 8.10. The molecule has 2 amide bonds. The van der Waals surface area contributed by atoms with Crippen molar-refractivity contribution in [2.75, 3.05) is 10.6 Å². The average molecular weight is 734 g/mol. The summed E-state index contributed by atoms with van der Waals surface area (Å²) in [5.74, 6) is 1.02. The first kappa shape index (κ1) is 37.3. The monoisotopic (exact) mass is 733 g/mol. The quantitative estimate of drug-likeness (QED) is 0.0922. The van der Waals surface area contributed by atoms with Gasteiger partial charge in [-0.25, -0.2) is 9.97 Å². The molecule has 1 fully saturated rings. The molecule has 3 N–H and O–H groups in total. The second-order valence-electron chi connectivity index (χ2n) is 12.9. The van der Waals surface area contributed by atoms with Crippen molar-refractivity contribution in [3.63, 3.8) is 0 Å². The molecular formula is C43H39N7O3S. The Bertz CT molecular complexity index is 2320. The smallest absolute Gasteiger partial charge is 0.290 e. The van der Waals surface area contributed by atoms with Gasteiger partial charge in [0.2, 0.25) is 0 Å². The first-order valence-corrected chi connectivity index (χ1v) is 18.2. The van der Waals surface area contributed by atoms with Crippen LogP contribution in [0.3, 0.4) is 0 Å². The molecule has 6 aromatic rings. The van der Waals surface area contributed by atoms with Crippen LogP contribution in [0.15, 0.2) is 127 Å². The molecule has 0 unspecified atom stereocenters. The molecule has 2 atom stereocenters. The van der Waals surface area contributed by atoms with Crippen molar-refractivity contribution in [1.29, 1.82) is 0 Å². The Kier molecular flexibility index (Phi) is 12.0. The standard InChI is InChI=1S/C23H20N4O2S.C20H19N3O/c1-14-8-16(11-20-22(28)27-23(29)30-20)10-18(9-14)19-12-24-13-21(26-19)25-15(2)17-6-4-3-5-7-17;1-14-8-16(13-24)10-18(9-14)19-11-21-12-20(23-19)22-15(2)17-6-4-3-5-7-17/h3-13,15H,1-2H3,(H,25,26)(H,27,28,29);3-13,15H,1-2H3,(H,22,23)/b20-11-;/t2*15-/m00/s1. The summed E-state index contributed by atoms with van der Waals surface area (Å²) < 4.78 is 0. The van der Waals surface area contributed by atoms with E-state index in [4.69, 9.17) is 4.98 Å². The van der Waals surface area contributed by atoms with Crippen molar-refractivity contribution in [1.82, 2.24) is 25.3 Å². The Morgan fingerprint density at radius 3 is 1.59 bits per heavy atom. The van der Waals surface area contributed by atoms with Crippen LogP contribution in [-0.2, 0) is 4.79 Å². The third kappa shape index (κ3) is 9.90. The summed E-state index contributed by atoms with van der Waals surface area (Å²) in [6.07, 6.45) is 9.40. The Morgan fingerprint density at radius 1 is 0.648 bits per heavy atom. The minimum Gasteiger partial charge on any atom is -0.362 e. The molecule has 11 heteroatoms. The Balaban J connectivity index is 0.000000189. The number of nitrogens with zero attached hydrogens (tertiary/aromatic N) is 4. The molecule has 0 aliphatic carbocycles. The minimum atomic E-state index is -0.367. The number of aromatic nitrogens is 4. The van der Waals surface area contributed by atoms with Gasteiger partial charge in [-0.15, -0.1) is 0 Å². The van der Waals surface area contributed by atoms with Gasteiger partial charge in [-0.05, 0) is 104 Å². The molecule has 4 aromatic carbocycles. The predicted octanol–water partition coefficient (Wildman–Crippen LogP) is 9.39. The lowest BCUT2D eigenvalue weighted by atomic mass is 10.0. The van der Waals surface area contributed by atoms with E-state index in [0.29, 0.717) is 22.1 Å². The van der Waals surface area contributed by atoms with Gasteiger partial charge in [-0.3, -0.25) is 29.7 Å². The third-order valence-electron chi connectivity index (χ3n) is 8.46. The maximum atomic E-state index is 11.8. The molecule has 1 aliphatic heterocycles.